The lowest BCUT2D eigenvalue weighted by molar-refractivity contribution is 0.400. The molecule has 0 radical (unpaired) electrons. The Morgan fingerprint density at radius 3 is 2.33 bits per heavy atom. The molecule has 0 aliphatic rings. The first-order valence-electron chi connectivity index (χ1n) is 5.89. The highest BCUT2D eigenvalue weighted by Gasteiger charge is 2.12. The standard InChI is InChI=1S/C12H21N3O2S/c1-15(2)9-3-8-14-18(16,17)12-6-4-11(10-13)5-7-12/h4-7,14H,3,8-10,13H2,1-2H3. The molecular weight excluding hydrogens is 250 g/mol. The zero-order chi connectivity index (χ0) is 13.6. The van der Waals surface area contributed by atoms with E-state index in [1.165, 1.54) is 0 Å². The van der Waals surface area contributed by atoms with Crippen molar-refractivity contribution in [2.24, 2.45) is 5.73 Å². The van der Waals surface area contributed by atoms with Gasteiger partial charge in [-0.1, -0.05) is 12.1 Å². The van der Waals surface area contributed by atoms with Crippen molar-refractivity contribution in [1.29, 1.82) is 0 Å². The van der Waals surface area contributed by atoms with Gasteiger partial charge in [0.2, 0.25) is 10.0 Å². The summed E-state index contributed by atoms with van der Waals surface area (Å²) in [7, 11) is 0.524. The van der Waals surface area contributed by atoms with E-state index in [0.29, 0.717) is 13.1 Å². The monoisotopic (exact) mass is 271 g/mol. The van der Waals surface area contributed by atoms with Crippen molar-refractivity contribution in [2.45, 2.75) is 17.9 Å². The van der Waals surface area contributed by atoms with Gasteiger partial charge in [0.15, 0.2) is 0 Å². The minimum atomic E-state index is -3.39. The molecule has 1 aromatic rings. The smallest absolute Gasteiger partial charge is 0.240 e. The number of nitrogens with zero attached hydrogens (tertiary/aromatic N) is 1. The zero-order valence-corrected chi connectivity index (χ0v) is 11.7. The summed E-state index contributed by atoms with van der Waals surface area (Å²) < 4.78 is 26.4. The number of benzene rings is 1. The number of hydrogen-bond acceptors (Lipinski definition) is 4. The van der Waals surface area contributed by atoms with Crippen LogP contribution in [0.15, 0.2) is 29.2 Å². The summed E-state index contributed by atoms with van der Waals surface area (Å²) in [6.45, 7) is 1.71. The lowest BCUT2D eigenvalue weighted by atomic mass is 10.2. The van der Waals surface area contributed by atoms with Crippen LogP contribution in [-0.4, -0.2) is 40.5 Å². The van der Waals surface area contributed by atoms with Crippen LogP contribution in [0.3, 0.4) is 0 Å². The molecule has 0 atom stereocenters. The second-order valence-electron chi connectivity index (χ2n) is 4.40. The molecule has 1 aromatic carbocycles. The van der Waals surface area contributed by atoms with Crippen molar-refractivity contribution in [2.75, 3.05) is 27.2 Å². The van der Waals surface area contributed by atoms with Gasteiger partial charge in [-0.2, -0.15) is 0 Å². The van der Waals surface area contributed by atoms with Gasteiger partial charge in [-0.25, -0.2) is 13.1 Å². The molecule has 0 spiro atoms. The van der Waals surface area contributed by atoms with Gasteiger partial charge in [-0.05, 0) is 44.8 Å². The number of nitrogens with two attached hydrogens (primary N) is 1. The summed E-state index contributed by atoms with van der Waals surface area (Å²) in [6, 6.07) is 6.62. The highest BCUT2D eigenvalue weighted by atomic mass is 32.2. The van der Waals surface area contributed by atoms with Crippen LogP contribution in [0.25, 0.3) is 0 Å². The topological polar surface area (TPSA) is 75.4 Å². The van der Waals surface area contributed by atoms with E-state index in [4.69, 9.17) is 5.73 Å². The molecule has 0 saturated heterocycles. The maximum absolute atomic E-state index is 11.9. The van der Waals surface area contributed by atoms with Crippen LogP contribution in [-0.2, 0) is 16.6 Å². The Morgan fingerprint density at radius 1 is 1.22 bits per heavy atom. The minimum Gasteiger partial charge on any atom is -0.326 e. The first-order valence-corrected chi connectivity index (χ1v) is 7.37. The van der Waals surface area contributed by atoms with Crippen LogP contribution in [0.4, 0.5) is 0 Å². The van der Waals surface area contributed by atoms with Gasteiger partial charge >= 0.3 is 0 Å². The molecule has 18 heavy (non-hydrogen) atoms. The second-order valence-corrected chi connectivity index (χ2v) is 6.17. The summed E-state index contributed by atoms with van der Waals surface area (Å²) in [6.07, 6.45) is 0.785. The predicted molar refractivity (Wildman–Crippen MR) is 72.7 cm³/mol. The molecule has 0 amide bonds. The SMILES string of the molecule is CN(C)CCCNS(=O)(=O)c1ccc(CN)cc1. The Labute approximate surface area is 109 Å². The van der Waals surface area contributed by atoms with Crippen LogP contribution < -0.4 is 10.5 Å². The molecule has 0 aliphatic carbocycles. The highest BCUT2D eigenvalue weighted by molar-refractivity contribution is 7.89. The average molecular weight is 271 g/mol. The lowest BCUT2D eigenvalue weighted by Gasteiger charge is -2.10. The van der Waals surface area contributed by atoms with Crippen molar-refractivity contribution in [3.63, 3.8) is 0 Å². The van der Waals surface area contributed by atoms with Gasteiger partial charge in [0, 0.05) is 13.1 Å². The van der Waals surface area contributed by atoms with Crippen molar-refractivity contribution in [3.8, 4) is 0 Å². The molecule has 0 heterocycles. The summed E-state index contributed by atoms with van der Waals surface area (Å²) >= 11 is 0. The van der Waals surface area contributed by atoms with Crippen LogP contribution in [0.1, 0.15) is 12.0 Å². The molecule has 0 aromatic heterocycles. The van der Waals surface area contributed by atoms with Crippen LogP contribution >= 0.6 is 0 Å². The third-order valence-corrected chi connectivity index (χ3v) is 4.02. The third-order valence-electron chi connectivity index (χ3n) is 2.54. The molecule has 0 unspecified atom stereocenters. The van der Waals surface area contributed by atoms with Crippen LogP contribution in [0.5, 0.6) is 0 Å². The van der Waals surface area contributed by atoms with Crippen molar-refractivity contribution < 1.29 is 8.42 Å². The molecule has 6 heteroatoms. The maximum Gasteiger partial charge on any atom is 0.240 e. The van der Waals surface area contributed by atoms with Gasteiger partial charge in [0.25, 0.3) is 0 Å². The molecule has 3 N–H and O–H groups in total. The number of hydrogen-bond donors (Lipinski definition) is 2. The summed E-state index contributed by atoms with van der Waals surface area (Å²) in [5, 5.41) is 0. The van der Waals surface area contributed by atoms with Gasteiger partial charge in [0.05, 0.1) is 4.90 Å². The fourth-order valence-corrected chi connectivity index (χ4v) is 2.56. The number of nitrogens with one attached hydrogen (secondary N) is 1. The second kappa shape index (κ2) is 6.84. The molecule has 0 fully saturated rings. The molecule has 1 rings (SSSR count). The minimum absolute atomic E-state index is 0.282. The van der Waals surface area contributed by atoms with E-state index in [9.17, 15) is 8.42 Å². The van der Waals surface area contributed by atoms with E-state index in [2.05, 4.69) is 4.72 Å². The van der Waals surface area contributed by atoms with E-state index >= 15 is 0 Å². The van der Waals surface area contributed by atoms with E-state index < -0.39 is 10.0 Å². The number of sulfonamides is 1. The fourth-order valence-electron chi connectivity index (χ4n) is 1.49. The highest BCUT2D eigenvalue weighted by Crippen LogP contribution is 2.10. The lowest BCUT2D eigenvalue weighted by Crippen LogP contribution is -2.27. The third kappa shape index (κ3) is 4.73. The summed E-state index contributed by atoms with van der Waals surface area (Å²) in [5.41, 5.74) is 6.38. The molecule has 5 nitrogen and oxygen atoms in total. The van der Waals surface area contributed by atoms with E-state index in [0.717, 1.165) is 18.5 Å². The maximum atomic E-state index is 11.9. The molecule has 102 valence electrons. The molecular formula is C12H21N3O2S. The average Bonchev–Trinajstić information content (AvgIpc) is 2.34. The molecule has 0 bridgehead atoms. The Kier molecular flexibility index (Phi) is 5.74. The van der Waals surface area contributed by atoms with E-state index in [1.807, 2.05) is 19.0 Å². The van der Waals surface area contributed by atoms with Gasteiger partial charge in [-0.15, -0.1) is 0 Å². The van der Waals surface area contributed by atoms with Gasteiger partial charge in [-0.3, -0.25) is 0 Å². The first-order chi connectivity index (χ1) is 8.45. The Morgan fingerprint density at radius 2 is 1.83 bits per heavy atom. The van der Waals surface area contributed by atoms with Gasteiger partial charge < -0.3 is 10.6 Å². The predicted octanol–water partition coefficient (Wildman–Crippen LogP) is 0.375. The van der Waals surface area contributed by atoms with E-state index in [-0.39, 0.29) is 4.90 Å². The Bertz CT molecular complexity index is 455. The van der Waals surface area contributed by atoms with Crippen molar-refractivity contribution in [1.82, 2.24) is 9.62 Å². The molecule has 0 aliphatic heterocycles. The largest absolute Gasteiger partial charge is 0.326 e. The summed E-state index contributed by atoms with van der Waals surface area (Å²) in [4.78, 5) is 2.30. The zero-order valence-electron chi connectivity index (χ0n) is 10.9. The molecule has 0 saturated carbocycles. The fraction of sp³-hybridized carbons (Fsp3) is 0.500. The van der Waals surface area contributed by atoms with Crippen LogP contribution in [0, 0.1) is 0 Å². The van der Waals surface area contributed by atoms with Crippen molar-refractivity contribution >= 4 is 10.0 Å². The van der Waals surface area contributed by atoms with Gasteiger partial charge in [0.1, 0.15) is 0 Å². The van der Waals surface area contributed by atoms with E-state index in [1.54, 1.807) is 24.3 Å². The number of rotatable bonds is 7. The Hall–Kier alpha value is -0.950. The van der Waals surface area contributed by atoms with Crippen molar-refractivity contribution in [3.05, 3.63) is 29.8 Å². The normalized spacial score (nSPS) is 12.0. The first kappa shape index (κ1) is 15.1. The van der Waals surface area contributed by atoms with Crippen LogP contribution in [0.2, 0.25) is 0 Å². The summed E-state index contributed by atoms with van der Waals surface area (Å²) in [5.74, 6) is 0. The quantitative estimate of drug-likeness (QED) is 0.703. The Balaban J connectivity index is 2.57.